The summed E-state index contributed by atoms with van der Waals surface area (Å²) in [6.45, 7) is 0. The van der Waals surface area contributed by atoms with Crippen molar-refractivity contribution in [1.82, 2.24) is 0 Å². The summed E-state index contributed by atoms with van der Waals surface area (Å²) in [7, 11) is 0. The first kappa shape index (κ1) is 6.55. The third-order valence-corrected chi connectivity index (χ3v) is 0.717. The Kier molecular flexibility index (Phi) is 1.30. The van der Waals surface area contributed by atoms with E-state index in [-0.39, 0.29) is 5.96 Å². The monoisotopic (exact) mass is 142 g/mol. The van der Waals surface area contributed by atoms with Crippen LogP contribution in [0.3, 0.4) is 0 Å². The molecule has 1 aliphatic heterocycles. The topological polar surface area (TPSA) is 140 Å². The Morgan fingerprint density at radius 1 is 1.20 bits per heavy atom. The molecule has 0 saturated carbocycles. The van der Waals surface area contributed by atoms with Gasteiger partial charge in [0.15, 0.2) is 5.96 Å². The zero-order valence-electron chi connectivity index (χ0n) is 4.97. The summed E-state index contributed by atoms with van der Waals surface area (Å²) in [6.07, 6.45) is 0. The lowest BCUT2D eigenvalue weighted by Gasteiger charge is -2.05. The molecule has 0 unspecified atom stereocenters. The smallest absolute Gasteiger partial charge is 0.346 e. The van der Waals surface area contributed by atoms with Crippen LogP contribution >= 0.6 is 0 Å². The Balaban J connectivity index is 2.81. The number of hydrogen-bond donors (Lipinski definition) is 3. The van der Waals surface area contributed by atoms with Gasteiger partial charge in [-0.25, -0.2) is 0 Å². The molecule has 0 aliphatic carbocycles. The van der Waals surface area contributed by atoms with E-state index in [0.29, 0.717) is 0 Å². The summed E-state index contributed by atoms with van der Waals surface area (Å²) < 4.78 is 0. The van der Waals surface area contributed by atoms with Crippen LogP contribution in [-0.2, 0) is 0 Å². The summed E-state index contributed by atoms with van der Waals surface area (Å²) in [5.41, 5.74) is 15.3. The molecule has 6 N–H and O–H groups in total. The molecule has 0 radical (unpaired) electrons. The second-order valence-corrected chi connectivity index (χ2v) is 1.60. The standard InChI is InChI=1S/C2H6N8/c3-1(4)6-2(5)7-9-10-8-2/h5H2,(H4,3,4,6). The fourth-order valence-corrected chi connectivity index (χ4v) is 0.426. The molecule has 0 atom stereocenters. The van der Waals surface area contributed by atoms with Crippen molar-refractivity contribution in [3.05, 3.63) is 0 Å². The van der Waals surface area contributed by atoms with Gasteiger partial charge < -0.3 is 11.5 Å². The SMILES string of the molecule is NC(N)=NC1(N)N=NN=N1. The van der Waals surface area contributed by atoms with Crippen molar-refractivity contribution in [2.24, 2.45) is 42.9 Å². The van der Waals surface area contributed by atoms with Gasteiger partial charge in [0.05, 0.1) is 0 Å². The quantitative estimate of drug-likeness (QED) is 0.308. The zero-order valence-corrected chi connectivity index (χ0v) is 4.97. The fraction of sp³-hybridized carbons (Fsp3) is 0.500. The Hall–Kier alpha value is -1.57. The fourth-order valence-electron chi connectivity index (χ4n) is 0.426. The predicted molar refractivity (Wildman–Crippen MR) is 32.4 cm³/mol. The van der Waals surface area contributed by atoms with E-state index in [0.717, 1.165) is 0 Å². The predicted octanol–water partition coefficient (Wildman–Crippen LogP) is -1.34. The third-order valence-electron chi connectivity index (χ3n) is 0.717. The number of nitrogens with zero attached hydrogens (tertiary/aromatic N) is 5. The van der Waals surface area contributed by atoms with Crippen LogP contribution in [0.25, 0.3) is 0 Å². The molecule has 54 valence electrons. The van der Waals surface area contributed by atoms with Gasteiger partial charge in [-0.05, 0) is 10.4 Å². The van der Waals surface area contributed by atoms with E-state index in [2.05, 4.69) is 25.7 Å². The highest BCUT2D eigenvalue weighted by atomic mass is 15.7. The van der Waals surface area contributed by atoms with Crippen LogP contribution < -0.4 is 17.2 Å². The second-order valence-electron chi connectivity index (χ2n) is 1.60. The van der Waals surface area contributed by atoms with Gasteiger partial charge in [0.1, 0.15) is 0 Å². The van der Waals surface area contributed by atoms with Crippen LogP contribution in [0, 0.1) is 0 Å². The van der Waals surface area contributed by atoms with Crippen LogP contribution in [-0.4, -0.2) is 11.9 Å². The highest BCUT2D eigenvalue weighted by molar-refractivity contribution is 5.76. The average molecular weight is 142 g/mol. The molecule has 0 bridgehead atoms. The minimum absolute atomic E-state index is 0.206. The van der Waals surface area contributed by atoms with Gasteiger partial charge in [-0.15, -0.1) is 0 Å². The Morgan fingerprint density at radius 2 is 1.70 bits per heavy atom. The van der Waals surface area contributed by atoms with Gasteiger partial charge in [0.25, 0.3) is 0 Å². The zero-order chi connectivity index (χ0) is 7.61. The van der Waals surface area contributed by atoms with Gasteiger partial charge in [0, 0.05) is 0 Å². The number of guanidine groups is 1. The lowest BCUT2D eigenvalue weighted by molar-refractivity contribution is 0.486. The Morgan fingerprint density at radius 3 is 2.10 bits per heavy atom. The summed E-state index contributed by atoms with van der Waals surface area (Å²) in [6, 6.07) is 0. The molecular weight excluding hydrogens is 136 g/mol. The molecular formula is C2H6N8. The molecule has 0 saturated heterocycles. The van der Waals surface area contributed by atoms with E-state index in [1.54, 1.807) is 0 Å². The average Bonchev–Trinajstić information content (AvgIpc) is 2.12. The first-order valence-corrected chi connectivity index (χ1v) is 2.36. The molecule has 8 nitrogen and oxygen atoms in total. The van der Waals surface area contributed by atoms with E-state index < -0.39 is 5.91 Å². The second kappa shape index (κ2) is 1.99. The van der Waals surface area contributed by atoms with Crippen molar-refractivity contribution in [1.29, 1.82) is 0 Å². The molecule has 1 aliphatic rings. The Bertz CT molecular complexity index is 195. The largest absolute Gasteiger partial charge is 0.370 e. The van der Waals surface area contributed by atoms with Gasteiger partial charge >= 0.3 is 5.91 Å². The van der Waals surface area contributed by atoms with E-state index in [1.165, 1.54) is 0 Å². The maximum absolute atomic E-state index is 5.29. The lowest BCUT2D eigenvalue weighted by Crippen LogP contribution is -2.36. The van der Waals surface area contributed by atoms with Crippen molar-refractivity contribution < 1.29 is 0 Å². The molecule has 0 aromatic rings. The van der Waals surface area contributed by atoms with Gasteiger partial charge in [-0.1, -0.05) is 10.2 Å². The van der Waals surface area contributed by atoms with E-state index in [1.807, 2.05) is 0 Å². The maximum Gasteiger partial charge on any atom is 0.346 e. The van der Waals surface area contributed by atoms with E-state index >= 15 is 0 Å². The van der Waals surface area contributed by atoms with Crippen LogP contribution in [0.5, 0.6) is 0 Å². The number of hydrogen-bond acceptors (Lipinski definition) is 6. The Labute approximate surface area is 55.9 Å². The van der Waals surface area contributed by atoms with Crippen molar-refractivity contribution in [3.8, 4) is 0 Å². The van der Waals surface area contributed by atoms with Crippen molar-refractivity contribution in [2.75, 3.05) is 0 Å². The summed E-state index contributed by atoms with van der Waals surface area (Å²) >= 11 is 0. The van der Waals surface area contributed by atoms with E-state index in [9.17, 15) is 0 Å². The highest BCUT2D eigenvalue weighted by Gasteiger charge is 2.26. The lowest BCUT2D eigenvalue weighted by atomic mass is 10.7. The van der Waals surface area contributed by atoms with Gasteiger partial charge in [0.2, 0.25) is 0 Å². The molecule has 0 fully saturated rings. The van der Waals surface area contributed by atoms with Gasteiger partial charge in [-0.3, -0.25) is 5.73 Å². The molecule has 0 amide bonds. The van der Waals surface area contributed by atoms with E-state index in [4.69, 9.17) is 17.2 Å². The first-order valence-electron chi connectivity index (χ1n) is 2.36. The first-order chi connectivity index (χ1) is 4.62. The molecule has 0 aromatic heterocycles. The van der Waals surface area contributed by atoms with Crippen LogP contribution in [0.15, 0.2) is 25.7 Å². The molecule has 0 spiro atoms. The number of aliphatic imine (C=N–C) groups is 1. The third kappa shape index (κ3) is 1.23. The normalized spacial score (nSPS) is 19.3. The molecule has 10 heavy (non-hydrogen) atoms. The van der Waals surface area contributed by atoms with Crippen LogP contribution in [0.4, 0.5) is 0 Å². The van der Waals surface area contributed by atoms with Crippen molar-refractivity contribution >= 4 is 5.96 Å². The summed E-state index contributed by atoms with van der Waals surface area (Å²) in [5, 5.41) is 12.9. The van der Waals surface area contributed by atoms with Crippen molar-refractivity contribution in [3.63, 3.8) is 0 Å². The minimum atomic E-state index is -1.53. The number of rotatable bonds is 1. The summed E-state index contributed by atoms with van der Waals surface area (Å²) in [4.78, 5) is 3.44. The minimum Gasteiger partial charge on any atom is -0.370 e. The highest BCUT2D eigenvalue weighted by Crippen LogP contribution is 2.13. The number of nitrogens with two attached hydrogens (primary N) is 3. The van der Waals surface area contributed by atoms with Crippen LogP contribution in [0.2, 0.25) is 0 Å². The summed E-state index contributed by atoms with van der Waals surface area (Å²) in [5.74, 6) is -1.74. The molecule has 0 aromatic carbocycles. The molecule has 1 rings (SSSR count). The van der Waals surface area contributed by atoms with Crippen molar-refractivity contribution in [2.45, 2.75) is 5.91 Å². The maximum atomic E-state index is 5.29. The molecule has 1 heterocycles. The molecule has 8 heteroatoms. The van der Waals surface area contributed by atoms with Crippen LogP contribution in [0.1, 0.15) is 0 Å². The van der Waals surface area contributed by atoms with Gasteiger partial charge in [-0.2, -0.15) is 4.99 Å².